The molecule has 0 fully saturated rings. The molecule has 10 heavy (non-hydrogen) atoms. The van der Waals surface area contributed by atoms with Gasteiger partial charge in [-0.3, -0.25) is 0 Å². The zero-order chi connectivity index (χ0) is 7.82. The molecule has 3 heteroatoms. The fraction of sp³-hybridized carbons (Fsp3) is 0.714. The summed E-state index contributed by atoms with van der Waals surface area (Å²) in [6, 6.07) is 0. The van der Waals surface area contributed by atoms with Crippen molar-refractivity contribution in [2.75, 3.05) is 0 Å². The molecule has 0 heterocycles. The minimum atomic E-state index is -1.12. The molecule has 0 rings (SSSR count). The molecule has 0 aliphatic rings. The predicted octanol–water partition coefficient (Wildman–Crippen LogP) is 1.21. The summed E-state index contributed by atoms with van der Waals surface area (Å²) < 4.78 is 0. The van der Waals surface area contributed by atoms with E-state index >= 15 is 0 Å². The van der Waals surface area contributed by atoms with Crippen LogP contribution in [0.5, 0.6) is 0 Å². The van der Waals surface area contributed by atoms with Crippen molar-refractivity contribution in [1.29, 1.82) is 0 Å². The summed E-state index contributed by atoms with van der Waals surface area (Å²) >= 11 is 0. The monoisotopic (exact) mass is 142 g/mol. The fourth-order valence-corrected chi connectivity index (χ4v) is 0.792. The highest BCUT2D eigenvalue weighted by atomic mass is 16.4. The summed E-state index contributed by atoms with van der Waals surface area (Å²) in [7, 11) is -1.12. The van der Waals surface area contributed by atoms with Crippen LogP contribution in [0.25, 0.3) is 0 Å². The van der Waals surface area contributed by atoms with E-state index in [0.29, 0.717) is 6.32 Å². The van der Waals surface area contributed by atoms with E-state index in [1.54, 1.807) is 0 Å². The first-order valence-electron chi connectivity index (χ1n) is 3.74. The summed E-state index contributed by atoms with van der Waals surface area (Å²) in [6.45, 7) is 3.59. The third kappa shape index (κ3) is 7.72. The van der Waals surface area contributed by atoms with Crippen molar-refractivity contribution < 1.29 is 10.0 Å². The van der Waals surface area contributed by atoms with Crippen LogP contribution < -0.4 is 0 Å². The molecule has 2 N–H and O–H groups in total. The maximum Gasteiger partial charge on any atom is 0.451 e. The number of allylic oxidation sites excluding steroid dienone is 1. The van der Waals surface area contributed by atoms with Crippen LogP contribution in [0.4, 0.5) is 0 Å². The summed E-state index contributed by atoms with van der Waals surface area (Å²) in [5.41, 5.74) is 0. The zero-order valence-electron chi connectivity index (χ0n) is 6.29. The highest BCUT2D eigenvalue weighted by molar-refractivity contribution is 6.40. The quantitative estimate of drug-likeness (QED) is 0.332. The van der Waals surface area contributed by atoms with Gasteiger partial charge >= 0.3 is 7.12 Å². The number of hydrogen-bond donors (Lipinski definition) is 2. The molecule has 2 nitrogen and oxygen atoms in total. The molecule has 0 saturated heterocycles. The summed E-state index contributed by atoms with van der Waals surface area (Å²) in [6.07, 6.45) is 6.47. The normalized spacial score (nSPS) is 9.40. The van der Waals surface area contributed by atoms with Gasteiger partial charge in [0, 0.05) is 0 Å². The third-order valence-electron chi connectivity index (χ3n) is 1.37. The molecule has 0 aliphatic heterocycles. The van der Waals surface area contributed by atoms with Crippen LogP contribution in [0.1, 0.15) is 25.7 Å². The molecule has 0 saturated carbocycles. The number of rotatable bonds is 6. The predicted molar refractivity (Wildman–Crippen MR) is 43.7 cm³/mol. The van der Waals surface area contributed by atoms with Crippen molar-refractivity contribution in [2.45, 2.75) is 32.0 Å². The Labute approximate surface area is 62.7 Å². The molecule has 0 unspecified atom stereocenters. The second-order valence-electron chi connectivity index (χ2n) is 2.41. The zero-order valence-corrected chi connectivity index (χ0v) is 6.29. The SMILES string of the molecule is C=CCCCCCB(O)O. The Kier molecular flexibility index (Phi) is 6.65. The first kappa shape index (κ1) is 9.72. The van der Waals surface area contributed by atoms with Crippen molar-refractivity contribution >= 4 is 7.12 Å². The minimum absolute atomic E-state index is 0.497. The van der Waals surface area contributed by atoms with E-state index in [0.717, 1.165) is 25.7 Å². The highest BCUT2D eigenvalue weighted by Gasteiger charge is 2.03. The largest absolute Gasteiger partial charge is 0.451 e. The highest BCUT2D eigenvalue weighted by Crippen LogP contribution is 2.03. The Morgan fingerprint density at radius 3 is 2.40 bits per heavy atom. The van der Waals surface area contributed by atoms with Gasteiger partial charge in [0.15, 0.2) is 0 Å². The van der Waals surface area contributed by atoms with Gasteiger partial charge in [-0.15, -0.1) is 6.58 Å². The van der Waals surface area contributed by atoms with Crippen LogP contribution in [0.15, 0.2) is 12.7 Å². The maximum atomic E-state index is 8.44. The van der Waals surface area contributed by atoms with E-state index in [1.165, 1.54) is 0 Å². The van der Waals surface area contributed by atoms with E-state index in [4.69, 9.17) is 10.0 Å². The first-order chi connectivity index (χ1) is 4.77. The lowest BCUT2D eigenvalue weighted by Gasteiger charge is -1.96. The van der Waals surface area contributed by atoms with Gasteiger partial charge in [0.05, 0.1) is 0 Å². The second-order valence-corrected chi connectivity index (χ2v) is 2.41. The average Bonchev–Trinajstić information content (AvgIpc) is 1.87. The van der Waals surface area contributed by atoms with Gasteiger partial charge in [0.2, 0.25) is 0 Å². The summed E-state index contributed by atoms with van der Waals surface area (Å²) in [5.74, 6) is 0. The number of hydrogen-bond acceptors (Lipinski definition) is 2. The molecule has 0 aromatic carbocycles. The van der Waals surface area contributed by atoms with Crippen LogP contribution in [0, 0.1) is 0 Å². The number of unbranched alkanes of at least 4 members (excludes halogenated alkanes) is 3. The molecule has 58 valence electrons. The van der Waals surface area contributed by atoms with Gasteiger partial charge in [-0.1, -0.05) is 18.9 Å². The lowest BCUT2D eigenvalue weighted by molar-refractivity contribution is 0.402. The summed E-state index contributed by atoms with van der Waals surface area (Å²) in [4.78, 5) is 0. The van der Waals surface area contributed by atoms with Gasteiger partial charge in [0.1, 0.15) is 0 Å². The molecule has 0 bridgehead atoms. The van der Waals surface area contributed by atoms with Gasteiger partial charge in [0.25, 0.3) is 0 Å². The molecule has 0 atom stereocenters. The van der Waals surface area contributed by atoms with Crippen LogP contribution in [0.3, 0.4) is 0 Å². The van der Waals surface area contributed by atoms with Crippen LogP contribution in [-0.2, 0) is 0 Å². The fourth-order valence-electron chi connectivity index (χ4n) is 0.792. The van der Waals surface area contributed by atoms with Gasteiger partial charge in [-0.2, -0.15) is 0 Å². The van der Waals surface area contributed by atoms with Crippen molar-refractivity contribution in [3.63, 3.8) is 0 Å². The Morgan fingerprint density at radius 2 is 1.90 bits per heavy atom. The molecule has 0 radical (unpaired) electrons. The van der Waals surface area contributed by atoms with Crippen LogP contribution in [0.2, 0.25) is 6.32 Å². The van der Waals surface area contributed by atoms with E-state index < -0.39 is 7.12 Å². The van der Waals surface area contributed by atoms with E-state index in [-0.39, 0.29) is 0 Å². The first-order valence-corrected chi connectivity index (χ1v) is 3.74. The average molecular weight is 142 g/mol. The molecule has 0 aromatic heterocycles. The third-order valence-corrected chi connectivity index (χ3v) is 1.37. The van der Waals surface area contributed by atoms with Gasteiger partial charge in [-0.25, -0.2) is 0 Å². The lowest BCUT2D eigenvalue weighted by atomic mass is 9.83. The lowest BCUT2D eigenvalue weighted by Crippen LogP contribution is -2.09. The van der Waals surface area contributed by atoms with E-state index in [2.05, 4.69) is 6.58 Å². The molecule has 0 spiro atoms. The molecule has 0 aromatic rings. The Bertz CT molecular complexity index is 83.7. The van der Waals surface area contributed by atoms with Crippen molar-refractivity contribution in [3.8, 4) is 0 Å². The smallest absolute Gasteiger partial charge is 0.427 e. The molecular weight excluding hydrogens is 127 g/mol. The Balaban J connectivity index is 2.83. The van der Waals surface area contributed by atoms with Crippen LogP contribution >= 0.6 is 0 Å². The second kappa shape index (κ2) is 6.84. The summed E-state index contributed by atoms with van der Waals surface area (Å²) in [5, 5.41) is 16.9. The topological polar surface area (TPSA) is 40.5 Å². The standard InChI is InChI=1S/C7H15BO2/c1-2-3-4-5-6-7-8(9)10/h2,9-10H,1,3-7H2. The molecule has 0 aliphatic carbocycles. The van der Waals surface area contributed by atoms with Gasteiger partial charge < -0.3 is 10.0 Å². The molecule has 0 amide bonds. The van der Waals surface area contributed by atoms with Crippen molar-refractivity contribution in [3.05, 3.63) is 12.7 Å². The Hall–Kier alpha value is -0.275. The Morgan fingerprint density at radius 1 is 1.20 bits per heavy atom. The van der Waals surface area contributed by atoms with Crippen LogP contribution in [-0.4, -0.2) is 17.2 Å². The molecular formula is C7H15BO2. The van der Waals surface area contributed by atoms with E-state index in [1.807, 2.05) is 6.08 Å². The van der Waals surface area contributed by atoms with Crippen molar-refractivity contribution in [1.82, 2.24) is 0 Å². The maximum absolute atomic E-state index is 8.44. The van der Waals surface area contributed by atoms with Gasteiger partial charge in [-0.05, 0) is 19.2 Å². The van der Waals surface area contributed by atoms with E-state index in [9.17, 15) is 0 Å². The van der Waals surface area contributed by atoms with Crippen molar-refractivity contribution in [2.24, 2.45) is 0 Å². The minimum Gasteiger partial charge on any atom is -0.427 e.